The molecule has 0 heterocycles. The summed E-state index contributed by atoms with van der Waals surface area (Å²) in [4.78, 5) is 0. The van der Waals surface area contributed by atoms with Crippen LogP contribution in [0.3, 0.4) is 0 Å². The van der Waals surface area contributed by atoms with Crippen LogP contribution in [0.5, 0.6) is 0 Å². The van der Waals surface area contributed by atoms with Gasteiger partial charge in [0.1, 0.15) is 5.82 Å². The average Bonchev–Trinajstić information content (AvgIpc) is 2.46. The molecule has 3 nitrogen and oxygen atoms in total. The molecule has 21 heavy (non-hydrogen) atoms. The summed E-state index contributed by atoms with van der Waals surface area (Å²) in [5.41, 5.74) is 8.25. The van der Waals surface area contributed by atoms with Crippen LogP contribution in [0.25, 0.3) is 0 Å². The van der Waals surface area contributed by atoms with E-state index in [-0.39, 0.29) is 11.9 Å². The van der Waals surface area contributed by atoms with Crippen molar-refractivity contribution in [1.82, 2.24) is 0 Å². The molecule has 2 aromatic rings. The van der Waals surface area contributed by atoms with E-state index in [1.54, 1.807) is 6.07 Å². The van der Waals surface area contributed by atoms with E-state index in [1.165, 1.54) is 17.7 Å². The first-order chi connectivity index (χ1) is 10.2. The molecule has 1 saturated carbocycles. The summed E-state index contributed by atoms with van der Waals surface area (Å²) < 4.78 is 19.0. The molecular weight excluding hydrogens is 267 g/mol. The second-order valence-electron chi connectivity index (χ2n) is 5.46. The summed E-state index contributed by atoms with van der Waals surface area (Å²) in [6.07, 6.45) is 2.10. The van der Waals surface area contributed by atoms with Crippen molar-refractivity contribution < 1.29 is 9.13 Å². The lowest BCUT2D eigenvalue weighted by molar-refractivity contribution is -0.0150. The van der Waals surface area contributed by atoms with E-state index in [1.807, 2.05) is 18.2 Å². The van der Waals surface area contributed by atoms with Crippen molar-refractivity contribution in [2.45, 2.75) is 31.6 Å². The van der Waals surface area contributed by atoms with Gasteiger partial charge in [0.15, 0.2) is 0 Å². The summed E-state index contributed by atoms with van der Waals surface area (Å²) in [5, 5.41) is 3.27. The third kappa shape index (κ3) is 3.52. The maximum absolute atomic E-state index is 13.2. The van der Waals surface area contributed by atoms with Crippen molar-refractivity contribution >= 4 is 11.4 Å². The molecule has 110 valence electrons. The number of rotatable bonds is 5. The molecule has 0 atom stereocenters. The van der Waals surface area contributed by atoms with Gasteiger partial charge >= 0.3 is 0 Å². The number of ether oxygens (including phenoxy) is 1. The van der Waals surface area contributed by atoms with Gasteiger partial charge in [0, 0.05) is 6.04 Å². The number of hydrogen-bond acceptors (Lipinski definition) is 3. The summed E-state index contributed by atoms with van der Waals surface area (Å²) >= 11 is 0. The fourth-order valence-electron chi connectivity index (χ4n) is 2.48. The van der Waals surface area contributed by atoms with E-state index in [4.69, 9.17) is 10.5 Å². The molecule has 0 aromatic heterocycles. The van der Waals surface area contributed by atoms with Crippen molar-refractivity contribution in [2.24, 2.45) is 0 Å². The molecule has 0 unspecified atom stereocenters. The Morgan fingerprint density at radius 1 is 1.14 bits per heavy atom. The molecule has 0 bridgehead atoms. The topological polar surface area (TPSA) is 47.3 Å². The molecule has 0 spiro atoms. The fourth-order valence-corrected chi connectivity index (χ4v) is 2.48. The molecule has 1 fully saturated rings. The highest BCUT2D eigenvalue weighted by Gasteiger charge is 2.30. The van der Waals surface area contributed by atoms with Crippen molar-refractivity contribution in [2.75, 3.05) is 11.1 Å². The fraction of sp³-hybridized carbons (Fsp3) is 0.294. The quantitative estimate of drug-likeness (QED) is 0.826. The molecule has 0 aliphatic heterocycles. The van der Waals surface area contributed by atoms with E-state index in [0.29, 0.717) is 24.0 Å². The van der Waals surface area contributed by atoms with Crippen LogP contribution in [0.4, 0.5) is 15.8 Å². The first-order valence-electron chi connectivity index (χ1n) is 7.18. The highest BCUT2D eigenvalue weighted by Crippen LogP contribution is 2.30. The number of nitrogens with two attached hydrogens (primary N) is 1. The molecule has 3 rings (SSSR count). The van der Waals surface area contributed by atoms with Gasteiger partial charge in [0.2, 0.25) is 0 Å². The van der Waals surface area contributed by atoms with Crippen LogP contribution < -0.4 is 11.1 Å². The molecule has 0 saturated heterocycles. The number of nitrogen functional groups attached to an aromatic ring is 1. The van der Waals surface area contributed by atoms with E-state index >= 15 is 0 Å². The highest BCUT2D eigenvalue weighted by atomic mass is 19.1. The second-order valence-corrected chi connectivity index (χ2v) is 5.46. The zero-order valence-corrected chi connectivity index (χ0v) is 11.8. The van der Waals surface area contributed by atoms with Gasteiger partial charge in [-0.3, -0.25) is 0 Å². The van der Waals surface area contributed by atoms with Gasteiger partial charge in [-0.15, -0.1) is 0 Å². The number of benzene rings is 2. The van der Waals surface area contributed by atoms with Crippen molar-refractivity contribution in [3.8, 4) is 0 Å². The molecule has 0 amide bonds. The van der Waals surface area contributed by atoms with Gasteiger partial charge in [-0.1, -0.05) is 30.3 Å². The van der Waals surface area contributed by atoms with Gasteiger partial charge in [0.25, 0.3) is 0 Å². The molecule has 2 aromatic carbocycles. The summed E-state index contributed by atoms with van der Waals surface area (Å²) in [7, 11) is 0. The van der Waals surface area contributed by atoms with Crippen LogP contribution in [0, 0.1) is 5.82 Å². The number of hydrogen-bond donors (Lipinski definition) is 2. The molecule has 0 radical (unpaired) electrons. The van der Waals surface area contributed by atoms with Gasteiger partial charge in [-0.05, 0) is 36.6 Å². The summed E-state index contributed by atoms with van der Waals surface area (Å²) in [6.45, 7) is 0.639. The molecule has 1 aliphatic rings. The minimum absolute atomic E-state index is 0.262. The van der Waals surface area contributed by atoms with Crippen LogP contribution in [-0.2, 0) is 11.3 Å². The Hall–Kier alpha value is -2.07. The molecule has 1 aliphatic carbocycles. The molecule has 3 N–H and O–H groups in total. The van der Waals surface area contributed by atoms with Crippen LogP contribution in [0.2, 0.25) is 0 Å². The van der Waals surface area contributed by atoms with E-state index in [2.05, 4.69) is 17.4 Å². The van der Waals surface area contributed by atoms with Gasteiger partial charge in [-0.25, -0.2) is 4.39 Å². The first kappa shape index (κ1) is 13.9. The normalized spacial score (nSPS) is 20.8. The Balaban J connectivity index is 1.45. The Morgan fingerprint density at radius 2 is 1.90 bits per heavy atom. The smallest absolute Gasteiger partial charge is 0.125 e. The van der Waals surface area contributed by atoms with E-state index in [9.17, 15) is 4.39 Å². The second kappa shape index (κ2) is 6.14. The minimum atomic E-state index is -0.275. The van der Waals surface area contributed by atoms with Crippen LogP contribution in [0.1, 0.15) is 18.4 Å². The predicted molar refractivity (Wildman–Crippen MR) is 82.5 cm³/mol. The number of nitrogens with one attached hydrogen (secondary N) is 1. The third-order valence-corrected chi connectivity index (χ3v) is 3.80. The standard InChI is InChI=1S/C17H19FN2O/c18-13-6-7-16(19)17(8-13)20-14-9-15(10-14)21-11-12-4-2-1-3-5-12/h1-8,14-15,20H,9-11,19H2/t14-,15+. The predicted octanol–water partition coefficient (Wildman–Crippen LogP) is 3.57. The van der Waals surface area contributed by atoms with Crippen molar-refractivity contribution in [3.63, 3.8) is 0 Å². The lowest BCUT2D eigenvalue weighted by atomic mass is 9.89. The summed E-state index contributed by atoms with van der Waals surface area (Å²) in [5.74, 6) is -0.275. The molecular formula is C17H19FN2O. The van der Waals surface area contributed by atoms with Crippen molar-refractivity contribution in [3.05, 3.63) is 59.9 Å². The number of anilines is 2. The highest BCUT2D eigenvalue weighted by molar-refractivity contribution is 5.66. The lowest BCUT2D eigenvalue weighted by Gasteiger charge is -2.36. The van der Waals surface area contributed by atoms with Crippen LogP contribution in [0.15, 0.2) is 48.5 Å². The Morgan fingerprint density at radius 3 is 2.67 bits per heavy atom. The minimum Gasteiger partial charge on any atom is -0.397 e. The molecule has 4 heteroatoms. The Labute approximate surface area is 123 Å². The Bertz CT molecular complexity index is 597. The van der Waals surface area contributed by atoms with E-state index < -0.39 is 0 Å². The van der Waals surface area contributed by atoms with Gasteiger partial charge in [-0.2, -0.15) is 0 Å². The Kier molecular flexibility index (Phi) is 4.06. The lowest BCUT2D eigenvalue weighted by Crippen LogP contribution is -2.40. The van der Waals surface area contributed by atoms with Crippen LogP contribution in [-0.4, -0.2) is 12.1 Å². The zero-order chi connectivity index (χ0) is 14.7. The summed E-state index contributed by atoms with van der Waals surface area (Å²) in [6, 6.07) is 14.8. The van der Waals surface area contributed by atoms with E-state index in [0.717, 1.165) is 12.8 Å². The van der Waals surface area contributed by atoms with Gasteiger partial charge in [0.05, 0.1) is 24.1 Å². The maximum atomic E-state index is 13.2. The largest absolute Gasteiger partial charge is 0.397 e. The third-order valence-electron chi connectivity index (χ3n) is 3.80. The monoisotopic (exact) mass is 286 g/mol. The van der Waals surface area contributed by atoms with Crippen molar-refractivity contribution in [1.29, 1.82) is 0 Å². The zero-order valence-electron chi connectivity index (χ0n) is 11.8. The van der Waals surface area contributed by atoms with Gasteiger partial charge < -0.3 is 15.8 Å². The number of halogens is 1. The SMILES string of the molecule is Nc1ccc(F)cc1N[C@H]1C[C@@H](OCc2ccccc2)C1. The maximum Gasteiger partial charge on any atom is 0.125 e. The van der Waals surface area contributed by atoms with Crippen LogP contribution >= 0.6 is 0 Å². The average molecular weight is 286 g/mol. The first-order valence-corrected chi connectivity index (χ1v) is 7.18.